The van der Waals surface area contributed by atoms with Crippen molar-refractivity contribution in [2.75, 3.05) is 26.7 Å². The van der Waals surface area contributed by atoms with Crippen molar-refractivity contribution in [2.24, 2.45) is 10.9 Å². The van der Waals surface area contributed by atoms with Crippen molar-refractivity contribution in [3.8, 4) is 0 Å². The molecule has 1 saturated heterocycles. The Bertz CT molecular complexity index is 497. The summed E-state index contributed by atoms with van der Waals surface area (Å²) in [6.45, 7) is 10.9. The Kier molecular flexibility index (Phi) is 10.1. The second kappa shape index (κ2) is 11.3. The van der Waals surface area contributed by atoms with Crippen molar-refractivity contribution in [1.82, 2.24) is 20.5 Å². The number of halogens is 1. The minimum absolute atomic E-state index is 0. The first-order valence-corrected chi connectivity index (χ1v) is 9.56. The Labute approximate surface area is 167 Å². The van der Waals surface area contributed by atoms with E-state index in [2.05, 4.69) is 46.3 Å². The highest BCUT2D eigenvalue weighted by molar-refractivity contribution is 14.0. The highest BCUT2D eigenvalue weighted by atomic mass is 127. The summed E-state index contributed by atoms with van der Waals surface area (Å²) in [5, 5.41) is 7.91. The first-order valence-electron chi connectivity index (χ1n) is 8.74. The molecule has 138 valence electrons. The first kappa shape index (κ1) is 21.6. The van der Waals surface area contributed by atoms with Gasteiger partial charge in [0, 0.05) is 30.7 Å². The molecule has 2 heterocycles. The maximum absolute atomic E-state index is 4.43. The average molecular weight is 465 g/mol. The summed E-state index contributed by atoms with van der Waals surface area (Å²) >= 11 is 1.77. The van der Waals surface area contributed by atoms with E-state index >= 15 is 0 Å². The normalized spacial score (nSPS) is 18.1. The van der Waals surface area contributed by atoms with E-state index in [0.29, 0.717) is 6.04 Å². The summed E-state index contributed by atoms with van der Waals surface area (Å²) < 4.78 is 0. The zero-order valence-electron chi connectivity index (χ0n) is 15.3. The van der Waals surface area contributed by atoms with E-state index < -0.39 is 0 Å². The van der Waals surface area contributed by atoms with Gasteiger partial charge in [-0.25, -0.2) is 4.98 Å². The number of nitrogens with one attached hydrogen (secondary N) is 2. The van der Waals surface area contributed by atoms with Gasteiger partial charge in [0.2, 0.25) is 0 Å². The SMILES string of the molecule is CCc1cnc(CNC(=NC)NCC(C)N2CCC(C)CC2)s1.I. The zero-order chi connectivity index (χ0) is 16.7. The molecular formula is C17H32IN5S. The molecular weight excluding hydrogens is 433 g/mol. The Morgan fingerprint density at radius 3 is 2.71 bits per heavy atom. The standard InChI is InChI=1S/C17H31N5S.HI/c1-5-15-11-19-16(23-15)12-21-17(18-4)20-10-14(3)22-8-6-13(2)7-9-22;/h11,13-14H,5-10,12H2,1-4H3,(H2,18,20,21);1H. The van der Waals surface area contributed by atoms with E-state index in [1.54, 1.807) is 11.3 Å². The van der Waals surface area contributed by atoms with Gasteiger partial charge in [0.15, 0.2) is 5.96 Å². The number of aryl methyl sites for hydroxylation is 1. The van der Waals surface area contributed by atoms with E-state index in [0.717, 1.165) is 36.4 Å². The van der Waals surface area contributed by atoms with E-state index in [1.165, 1.54) is 30.8 Å². The number of aliphatic imine (C=N–C) groups is 1. The van der Waals surface area contributed by atoms with Gasteiger partial charge in [-0.05, 0) is 45.2 Å². The number of nitrogens with zero attached hydrogens (tertiary/aromatic N) is 3. The maximum atomic E-state index is 4.43. The fraction of sp³-hybridized carbons (Fsp3) is 0.765. The molecule has 1 aromatic rings. The molecule has 0 bridgehead atoms. The van der Waals surface area contributed by atoms with E-state index in [1.807, 2.05) is 13.2 Å². The predicted molar refractivity (Wildman–Crippen MR) is 115 cm³/mol. The third kappa shape index (κ3) is 6.84. The van der Waals surface area contributed by atoms with E-state index in [-0.39, 0.29) is 24.0 Å². The molecule has 0 aliphatic carbocycles. The monoisotopic (exact) mass is 465 g/mol. The topological polar surface area (TPSA) is 52.6 Å². The molecule has 1 aliphatic rings. The molecule has 2 N–H and O–H groups in total. The number of piperidine rings is 1. The second-order valence-corrected chi connectivity index (χ2v) is 7.65. The van der Waals surface area contributed by atoms with Crippen LogP contribution >= 0.6 is 35.3 Å². The molecule has 24 heavy (non-hydrogen) atoms. The molecule has 1 aliphatic heterocycles. The van der Waals surface area contributed by atoms with Crippen LogP contribution in [0.1, 0.15) is 43.5 Å². The number of hydrogen-bond acceptors (Lipinski definition) is 4. The molecule has 7 heteroatoms. The van der Waals surface area contributed by atoms with Crippen molar-refractivity contribution in [3.05, 3.63) is 16.1 Å². The largest absolute Gasteiger partial charge is 0.355 e. The van der Waals surface area contributed by atoms with Gasteiger partial charge in [-0.3, -0.25) is 9.89 Å². The van der Waals surface area contributed by atoms with Crippen molar-refractivity contribution >= 4 is 41.3 Å². The number of guanidine groups is 1. The van der Waals surface area contributed by atoms with Crippen LogP contribution in [0.2, 0.25) is 0 Å². The lowest BCUT2D eigenvalue weighted by Gasteiger charge is -2.35. The molecule has 0 amide bonds. The fourth-order valence-electron chi connectivity index (χ4n) is 2.82. The molecule has 0 aromatic carbocycles. The molecule has 0 spiro atoms. The van der Waals surface area contributed by atoms with E-state index in [4.69, 9.17) is 0 Å². The first-order chi connectivity index (χ1) is 11.1. The van der Waals surface area contributed by atoms with Crippen LogP contribution in [0.15, 0.2) is 11.2 Å². The van der Waals surface area contributed by atoms with Crippen LogP contribution in [0, 0.1) is 5.92 Å². The lowest BCUT2D eigenvalue weighted by Crippen LogP contribution is -2.47. The van der Waals surface area contributed by atoms with Gasteiger partial charge in [0.1, 0.15) is 5.01 Å². The van der Waals surface area contributed by atoms with Crippen LogP contribution < -0.4 is 10.6 Å². The Hall–Kier alpha value is -0.410. The number of rotatable bonds is 6. The van der Waals surface area contributed by atoms with Gasteiger partial charge in [-0.15, -0.1) is 35.3 Å². The van der Waals surface area contributed by atoms with Gasteiger partial charge in [-0.1, -0.05) is 13.8 Å². The number of thiazole rings is 1. The van der Waals surface area contributed by atoms with E-state index in [9.17, 15) is 0 Å². The molecule has 5 nitrogen and oxygen atoms in total. The maximum Gasteiger partial charge on any atom is 0.191 e. The van der Waals surface area contributed by atoms with Crippen molar-refractivity contribution in [3.63, 3.8) is 0 Å². The van der Waals surface area contributed by atoms with Gasteiger partial charge in [0.25, 0.3) is 0 Å². The molecule has 2 rings (SSSR count). The Balaban J connectivity index is 0.00000288. The molecule has 1 fully saturated rings. The van der Waals surface area contributed by atoms with Gasteiger partial charge in [0.05, 0.1) is 6.54 Å². The molecule has 1 unspecified atom stereocenters. The summed E-state index contributed by atoms with van der Waals surface area (Å²) in [6.07, 6.45) is 5.66. The Morgan fingerprint density at radius 2 is 2.12 bits per heavy atom. The van der Waals surface area contributed by atoms with Crippen molar-refractivity contribution in [1.29, 1.82) is 0 Å². The van der Waals surface area contributed by atoms with Crippen LogP contribution in [0.4, 0.5) is 0 Å². The van der Waals surface area contributed by atoms with Crippen LogP contribution in [-0.2, 0) is 13.0 Å². The Morgan fingerprint density at radius 1 is 1.42 bits per heavy atom. The number of likely N-dealkylation sites (tertiary alicyclic amines) is 1. The third-order valence-corrected chi connectivity index (χ3v) is 5.73. The minimum Gasteiger partial charge on any atom is -0.355 e. The van der Waals surface area contributed by atoms with Gasteiger partial charge in [-0.2, -0.15) is 0 Å². The molecule has 1 atom stereocenters. The quantitative estimate of drug-likeness (QED) is 0.385. The second-order valence-electron chi connectivity index (χ2n) is 6.45. The summed E-state index contributed by atoms with van der Waals surface area (Å²) in [4.78, 5) is 12.7. The van der Waals surface area contributed by atoms with Gasteiger partial charge < -0.3 is 10.6 Å². The predicted octanol–water partition coefficient (Wildman–Crippen LogP) is 3.11. The zero-order valence-corrected chi connectivity index (χ0v) is 18.5. The summed E-state index contributed by atoms with van der Waals surface area (Å²) in [6, 6.07) is 0.535. The van der Waals surface area contributed by atoms with Crippen molar-refractivity contribution < 1.29 is 0 Å². The summed E-state index contributed by atoms with van der Waals surface area (Å²) in [5.74, 6) is 1.74. The van der Waals surface area contributed by atoms with Crippen LogP contribution in [-0.4, -0.2) is 48.6 Å². The van der Waals surface area contributed by atoms with Crippen LogP contribution in [0.5, 0.6) is 0 Å². The van der Waals surface area contributed by atoms with Crippen LogP contribution in [0.25, 0.3) is 0 Å². The van der Waals surface area contributed by atoms with Crippen LogP contribution in [0.3, 0.4) is 0 Å². The summed E-state index contributed by atoms with van der Waals surface area (Å²) in [7, 11) is 1.82. The lowest BCUT2D eigenvalue weighted by atomic mass is 9.98. The number of hydrogen-bond donors (Lipinski definition) is 2. The highest BCUT2D eigenvalue weighted by Gasteiger charge is 2.20. The highest BCUT2D eigenvalue weighted by Crippen LogP contribution is 2.17. The van der Waals surface area contributed by atoms with Gasteiger partial charge >= 0.3 is 0 Å². The fourth-order valence-corrected chi connectivity index (χ4v) is 3.62. The smallest absolute Gasteiger partial charge is 0.191 e. The molecule has 1 aromatic heterocycles. The summed E-state index contributed by atoms with van der Waals surface area (Å²) in [5.41, 5.74) is 0. The average Bonchev–Trinajstić information content (AvgIpc) is 3.03. The molecule has 0 radical (unpaired) electrons. The lowest BCUT2D eigenvalue weighted by molar-refractivity contribution is 0.147. The van der Waals surface area contributed by atoms with Crippen molar-refractivity contribution in [2.45, 2.75) is 52.6 Å². The third-order valence-electron chi connectivity index (χ3n) is 4.59. The minimum atomic E-state index is 0. The molecule has 0 saturated carbocycles. The number of aromatic nitrogens is 1.